The summed E-state index contributed by atoms with van der Waals surface area (Å²) in [5.41, 5.74) is 1.51. The number of carbonyl (C=O) groups excluding carboxylic acids is 1. The van der Waals surface area contributed by atoms with E-state index in [-0.39, 0.29) is 12.5 Å². The molecule has 2 aromatic rings. The van der Waals surface area contributed by atoms with Crippen molar-refractivity contribution in [1.82, 2.24) is 9.88 Å². The largest absolute Gasteiger partial charge is 0.473 e. The third kappa shape index (κ3) is 4.82. The van der Waals surface area contributed by atoms with Crippen LogP contribution < -0.4 is 4.74 Å². The average molecular weight is 309 g/mol. The summed E-state index contributed by atoms with van der Waals surface area (Å²) in [7, 11) is 0. The van der Waals surface area contributed by atoms with E-state index < -0.39 is 0 Å². The first-order valence-corrected chi connectivity index (χ1v) is 7.53. The molecule has 1 aromatic heterocycles. The van der Waals surface area contributed by atoms with Crippen molar-refractivity contribution in [1.29, 1.82) is 5.26 Å². The molecule has 5 heteroatoms. The summed E-state index contributed by atoms with van der Waals surface area (Å²) in [4.78, 5) is 18.0. The van der Waals surface area contributed by atoms with Crippen LogP contribution in [0.1, 0.15) is 29.3 Å². The molecule has 0 saturated heterocycles. The highest BCUT2D eigenvalue weighted by atomic mass is 16.5. The molecule has 1 heterocycles. The summed E-state index contributed by atoms with van der Waals surface area (Å²) in [5, 5.41) is 8.80. The van der Waals surface area contributed by atoms with Crippen LogP contribution in [0.4, 0.5) is 0 Å². The number of rotatable bonds is 7. The van der Waals surface area contributed by atoms with Crippen LogP contribution in [0.25, 0.3) is 0 Å². The van der Waals surface area contributed by atoms with E-state index in [1.807, 2.05) is 43.3 Å². The fourth-order valence-electron chi connectivity index (χ4n) is 2.11. The van der Waals surface area contributed by atoms with E-state index in [0.717, 1.165) is 12.0 Å². The molecular weight excluding hydrogens is 290 g/mol. The normalized spacial score (nSPS) is 9.91. The molecule has 0 bridgehead atoms. The third-order valence-electron chi connectivity index (χ3n) is 3.26. The molecule has 0 aliphatic heterocycles. The molecule has 0 saturated carbocycles. The number of nitriles is 1. The van der Waals surface area contributed by atoms with Crippen LogP contribution in [-0.4, -0.2) is 28.9 Å². The Morgan fingerprint density at radius 1 is 1.26 bits per heavy atom. The molecule has 0 spiro atoms. The number of hydrogen-bond donors (Lipinski definition) is 0. The lowest BCUT2D eigenvalue weighted by molar-refractivity contribution is 0.0775. The van der Waals surface area contributed by atoms with Gasteiger partial charge in [-0.15, -0.1) is 0 Å². The molecule has 5 nitrogen and oxygen atoms in total. The Balaban J connectivity index is 1.98. The minimum Gasteiger partial charge on any atom is -0.473 e. The molecule has 0 radical (unpaired) electrons. The van der Waals surface area contributed by atoms with Crippen molar-refractivity contribution in [2.45, 2.75) is 20.0 Å². The van der Waals surface area contributed by atoms with E-state index in [2.05, 4.69) is 4.98 Å². The van der Waals surface area contributed by atoms with Crippen molar-refractivity contribution < 1.29 is 9.53 Å². The number of hydrogen-bond acceptors (Lipinski definition) is 4. The van der Waals surface area contributed by atoms with E-state index in [9.17, 15) is 4.79 Å². The zero-order valence-corrected chi connectivity index (χ0v) is 13.1. The number of benzene rings is 1. The van der Waals surface area contributed by atoms with Gasteiger partial charge in [0.25, 0.3) is 5.91 Å². The Morgan fingerprint density at radius 2 is 2.04 bits per heavy atom. The topological polar surface area (TPSA) is 66.2 Å². The molecule has 0 N–H and O–H groups in total. The molecule has 0 atom stereocenters. The highest BCUT2D eigenvalue weighted by Gasteiger charge is 2.15. The van der Waals surface area contributed by atoms with E-state index in [0.29, 0.717) is 24.6 Å². The summed E-state index contributed by atoms with van der Waals surface area (Å²) < 4.78 is 5.59. The van der Waals surface area contributed by atoms with Gasteiger partial charge in [0.2, 0.25) is 5.88 Å². The van der Waals surface area contributed by atoms with Gasteiger partial charge in [-0.1, -0.05) is 37.3 Å². The van der Waals surface area contributed by atoms with E-state index >= 15 is 0 Å². The van der Waals surface area contributed by atoms with Crippen molar-refractivity contribution in [2.24, 2.45) is 0 Å². The van der Waals surface area contributed by atoms with Crippen molar-refractivity contribution in [3.8, 4) is 11.9 Å². The fourth-order valence-corrected chi connectivity index (χ4v) is 2.11. The molecule has 0 aliphatic carbocycles. The van der Waals surface area contributed by atoms with Gasteiger partial charge in [0.15, 0.2) is 0 Å². The number of amides is 1. The van der Waals surface area contributed by atoms with Gasteiger partial charge in [-0.2, -0.15) is 5.26 Å². The highest BCUT2D eigenvalue weighted by molar-refractivity contribution is 5.94. The van der Waals surface area contributed by atoms with Crippen molar-refractivity contribution in [2.75, 3.05) is 13.1 Å². The maximum absolute atomic E-state index is 12.3. The molecule has 0 fully saturated rings. The first kappa shape index (κ1) is 16.5. The van der Waals surface area contributed by atoms with Crippen molar-refractivity contribution >= 4 is 5.91 Å². The lowest BCUT2D eigenvalue weighted by Gasteiger charge is -2.18. The predicted octanol–water partition coefficient (Wildman–Crippen LogP) is 3.04. The number of nitrogens with zero attached hydrogens (tertiary/aromatic N) is 3. The molecule has 0 aliphatic rings. The predicted molar refractivity (Wildman–Crippen MR) is 86.8 cm³/mol. The molecule has 118 valence electrons. The molecular formula is C18H19N3O2. The Morgan fingerprint density at radius 3 is 2.65 bits per heavy atom. The van der Waals surface area contributed by atoms with Gasteiger partial charge in [-0.25, -0.2) is 4.98 Å². The lowest BCUT2D eigenvalue weighted by atomic mass is 10.2. The number of ether oxygens (including phenoxy) is 1. The minimum atomic E-state index is -0.185. The summed E-state index contributed by atoms with van der Waals surface area (Å²) >= 11 is 0. The zero-order chi connectivity index (χ0) is 16.5. The van der Waals surface area contributed by atoms with Gasteiger partial charge < -0.3 is 9.64 Å². The number of pyridine rings is 1. The third-order valence-corrected chi connectivity index (χ3v) is 3.26. The van der Waals surface area contributed by atoms with Gasteiger partial charge in [-0.3, -0.25) is 4.79 Å². The Labute approximate surface area is 136 Å². The van der Waals surface area contributed by atoms with Crippen LogP contribution in [0.3, 0.4) is 0 Å². The van der Waals surface area contributed by atoms with Gasteiger partial charge in [0.1, 0.15) is 13.2 Å². The average Bonchev–Trinajstić information content (AvgIpc) is 2.60. The number of carbonyl (C=O) groups is 1. The zero-order valence-electron chi connectivity index (χ0n) is 13.1. The summed E-state index contributed by atoms with van der Waals surface area (Å²) in [5.74, 6) is 0.281. The monoisotopic (exact) mass is 309 g/mol. The second-order valence-corrected chi connectivity index (χ2v) is 5.04. The lowest BCUT2D eigenvalue weighted by Crippen LogP contribution is -2.32. The van der Waals surface area contributed by atoms with E-state index in [4.69, 9.17) is 10.00 Å². The van der Waals surface area contributed by atoms with Crippen LogP contribution in [0.2, 0.25) is 0 Å². The Kier molecular flexibility index (Phi) is 6.13. The maximum Gasteiger partial charge on any atom is 0.256 e. The van der Waals surface area contributed by atoms with Crippen molar-refractivity contribution in [3.63, 3.8) is 0 Å². The summed E-state index contributed by atoms with van der Waals surface area (Å²) in [6.07, 6.45) is 2.29. The second-order valence-electron chi connectivity index (χ2n) is 5.04. The summed E-state index contributed by atoms with van der Waals surface area (Å²) in [6.45, 7) is 3.03. The van der Waals surface area contributed by atoms with E-state index in [1.54, 1.807) is 12.1 Å². The van der Waals surface area contributed by atoms with Gasteiger partial charge in [0, 0.05) is 18.8 Å². The minimum absolute atomic E-state index is 0.0823. The fraction of sp³-hybridized carbons (Fsp3) is 0.278. The Bertz CT molecular complexity index is 663. The smallest absolute Gasteiger partial charge is 0.256 e. The van der Waals surface area contributed by atoms with Crippen LogP contribution in [0.15, 0.2) is 48.7 Å². The van der Waals surface area contributed by atoms with Gasteiger partial charge >= 0.3 is 0 Å². The van der Waals surface area contributed by atoms with E-state index in [1.165, 1.54) is 11.1 Å². The quantitative estimate of drug-likeness (QED) is 0.737. The molecule has 23 heavy (non-hydrogen) atoms. The van der Waals surface area contributed by atoms with Crippen LogP contribution in [0.5, 0.6) is 5.88 Å². The van der Waals surface area contributed by atoms with Crippen LogP contribution in [0, 0.1) is 11.3 Å². The van der Waals surface area contributed by atoms with Gasteiger partial charge in [0.05, 0.1) is 11.6 Å². The molecule has 2 rings (SSSR count). The number of aromatic nitrogens is 1. The molecule has 1 amide bonds. The van der Waals surface area contributed by atoms with Gasteiger partial charge in [-0.05, 0) is 18.1 Å². The first-order valence-electron chi connectivity index (χ1n) is 7.53. The Hall–Kier alpha value is -2.87. The maximum atomic E-state index is 12.3. The summed E-state index contributed by atoms with van der Waals surface area (Å²) in [6, 6.07) is 15.2. The molecule has 1 aromatic carbocycles. The van der Waals surface area contributed by atoms with Crippen molar-refractivity contribution in [3.05, 3.63) is 59.8 Å². The second kappa shape index (κ2) is 8.54. The highest BCUT2D eigenvalue weighted by Crippen LogP contribution is 2.12. The first-order chi connectivity index (χ1) is 11.2. The molecule has 0 unspecified atom stereocenters. The van der Waals surface area contributed by atoms with Crippen LogP contribution in [-0.2, 0) is 6.61 Å². The SMILES string of the molecule is CCCN(CC#N)C(=O)c1ccc(OCc2ccccc2)nc1. The standard InChI is InChI=1S/C18H19N3O2/c1-2-11-21(12-10-19)18(22)16-8-9-17(20-13-16)23-14-15-6-4-3-5-7-15/h3-9,13H,2,11-12,14H2,1H3. The van der Waals surface area contributed by atoms with Crippen LogP contribution >= 0.6 is 0 Å².